The molecule has 0 saturated heterocycles. The van der Waals surface area contributed by atoms with Crippen molar-refractivity contribution in [2.24, 2.45) is 0 Å². The highest BCUT2D eigenvalue weighted by Gasteiger charge is 2.26. The lowest BCUT2D eigenvalue weighted by atomic mass is 10.2. The van der Waals surface area contributed by atoms with Crippen molar-refractivity contribution in [2.45, 2.75) is 29.4 Å². The Morgan fingerprint density at radius 2 is 0.975 bits per heavy atom. The molecule has 0 unspecified atom stereocenters. The van der Waals surface area contributed by atoms with Crippen molar-refractivity contribution in [3.8, 4) is 0 Å². The molecule has 202 valence electrons. The maximum Gasteiger partial charge on any atom is 0.335 e. The van der Waals surface area contributed by atoms with Gasteiger partial charge in [0, 0.05) is 21.0 Å². The summed E-state index contributed by atoms with van der Waals surface area (Å²) < 4.78 is 13.3. The average Bonchev–Trinajstić information content (AvgIpc) is 2.93. The van der Waals surface area contributed by atoms with Crippen molar-refractivity contribution in [3.63, 3.8) is 0 Å². The molecular formula is C26H16N2O9S3. The van der Waals surface area contributed by atoms with Crippen LogP contribution in [0.4, 0.5) is 11.4 Å². The van der Waals surface area contributed by atoms with Crippen LogP contribution in [0.25, 0.3) is 0 Å². The summed E-state index contributed by atoms with van der Waals surface area (Å²) >= 11 is 0.0806. The highest BCUT2D eigenvalue weighted by Crippen LogP contribution is 2.40. The molecule has 0 aliphatic rings. The third kappa shape index (κ3) is 6.60. The fourth-order valence-electron chi connectivity index (χ4n) is 3.40. The summed E-state index contributed by atoms with van der Waals surface area (Å²) in [5.41, 5.74) is -0.521. The van der Waals surface area contributed by atoms with E-state index in [1.165, 1.54) is 72.8 Å². The molecular weight excluding hydrogens is 580 g/mol. The first-order valence-electron chi connectivity index (χ1n) is 11.0. The number of nitro benzene ring substituents is 2. The number of rotatable bonds is 10. The number of carbonyl (C=O) groups is 2. The van der Waals surface area contributed by atoms with Crippen LogP contribution >= 0.6 is 23.5 Å². The molecule has 0 aliphatic carbocycles. The quantitative estimate of drug-likeness (QED) is 0.118. The minimum Gasteiger partial charge on any atom is -0.606 e. The molecule has 0 atom stereocenters. The van der Waals surface area contributed by atoms with Crippen LogP contribution < -0.4 is 0 Å². The predicted octanol–water partition coefficient (Wildman–Crippen LogP) is 6.37. The fraction of sp³-hybridized carbons (Fsp3) is 0. The van der Waals surface area contributed by atoms with Gasteiger partial charge < -0.3 is 14.8 Å². The third-order valence-corrected chi connectivity index (χ3v) is 8.85. The molecule has 14 heteroatoms. The zero-order valence-corrected chi connectivity index (χ0v) is 22.4. The molecule has 0 radical (unpaired) electrons. The smallest absolute Gasteiger partial charge is 0.335 e. The van der Waals surface area contributed by atoms with Gasteiger partial charge in [-0.2, -0.15) is 0 Å². The Hall–Kier alpha value is -4.37. The largest absolute Gasteiger partial charge is 0.606 e. The van der Waals surface area contributed by atoms with Gasteiger partial charge in [-0.05, 0) is 72.8 Å². The first kappa shape index (κ1) is 28.6. The van der Waals surface area contributed by atoms with Gasteiger partial charge in [-0.25, -0.2) is 9.59 Å². The number of aromatic carboxylic acids is 2. The van der Waals surface area contributed by atoms with Gasteiger partial charge in [0.2, 0.25) is 0 Å². The SMILES string of the molecule is O=C(O)c1ccc(Sc2ccc([S+]([O-])c3ccc(Sc4ccc(C(=O)O)cc4)c([N+](=O)[O-])c3)cc2[N+](=O)[O-])cc1. The van der Waals surface area contributed by atoms with Crippen molar-refractivity contribution < 1.29 is 34.2 Å². The maximum atomic E-state index is 13.3. The lowest BCUT2D eigenvalue weighted by molar-refractivity contribution is -0.388. The van der Waals surface area contributed by atoms with Crippen molar-refractivity contribution >= 4 is 58.0 Å². The number of nitro groups is 2. The summed E-state index contributed by atoms with van der Waals surface area (Å²) in [5, 5.41) is 41.6. The summed E-state index contributed by atoms with van der Waals surface area (Å²) in [6, 6.07) is 19.5. The van der Waals surface area contributed by atoms with E-state index < -0.39 is 33.0 Å². The lowest BCUT2D eigenvalue weighted by Gasteiger charge is -2.12. The molecule has 0 aromatic heterocycles. The molecule has 11 nitrogen and oxygen atoms in total. The van der Waals surface area contributed by atoms with E-state index in [0.29, 0.717) is 9.79 Å². The molecule has 0 fully saturated rings. The second kappa shape index (κ2) is 12.2. The molecule has 0 saturated carbocycles. The van der Waals surface area contributed by atoms with E-state index in [4.69, 9.17) is 10.2 Å². The van der Waals surface area contributed by atoms with Crippen LogP contribution in [0.5, 0.6) is 0 Å². The molecule has 40 heavy (non-hydrogen) atoms. The molecule has 2 N–H and O–H groups in total. The summed E-state index contributed by atoms with van der Waals surface area (Å²) in [6.45, 7) is 0. The monoisotopic (exact) mass is 596 g/mol. The molecule has 4 rings (SSSR count). The summed E-state index contributed by atoms with van der Waals surface area (Å²) in [7, 11) is 0. The Kier molecular flexibility index (Phi) is 8.74. The van der Waals surface area contributed by atoms with Crippen molar-refractivity contribution in [1.82, 2.24) is 0 Å². The van der Waals surface area contributed by atoms with E-state index in [2.05, 4.69) is 0 Å². The van der Waals surface area contributed by atoms with E-state index in [1.807, 2.05) is 0 Å². The molecule has 0 amide bonds. The van der Waals surface area contributed by atoms with Crippen LogP contribution in [0.15, 0.2) is 114 Å². The zero-order chi connectivity index (χ0) is 29.0. The fourth-order valence-corrected chi connectivity index (χ4v) is 6.30. The number of carboxylic acid groups (broad SMARTS) is 2. The highest BCUT2D eigenvalue weighted by atomic mass is 32.2. The predicted molar refractivity (Wildman–Crippen MR) is 146 cm³/mol. The zero-order valence-electron chi connectivity index (χ0n) is 20.0. The Bertz CT molecular complexity index is 1510. The molecule has 0 bridgehead atoms. The van der Waals surface area contributed by atoms with Crippen LogP contribution in [0, 0.1) is 20.2 Å². The molecule has 0 heterocycles. The van der Waals surface area contributed by atoms with Gasteiger partial charge in [0.25, 0.3) is 11.4 Å². The van der Waals surface area contributed by atoms with Crippen molar-refractivity contribution in [1.29, 1.82) is 0 Å². The molecule has 4 aromatic rings. The Labute approximate surface area is 237 Å². The standard InChI is InChI=1S/C26H16N2O9S3/c29-25(30)15-1-5-17(6-2-15)38-23-11-9-19(13-21(23)27(33)34)40(37)20-10-12-24(22(14-20)28(35)36)39-18-7-3-16(4-8-18)26(31)32/h1-14H,(H,29,30)(H,31,32). The number of carboxylic acids is 2. The lowest BCUT2D eigenvalue weighted by Crippen LogP contribution is -2.05. The Balaban J connectivity index is 1.60. The molecule has 0 aliphatic heterocycles. The van der Waals surface area contributed by atoms with Gasteiger partial charge in [0.05, 0.1) is 42.9 Å². The topological polar surface area (TPSA) is 184 Å². The first-order valence-corrected chi connectivity index (χ1v) is 13.8. The van der Waals surface area contributed by atoms with E-state index in [1.54, 1.807) is 0 Å². The normalized spacial score (nSPS) is 10.8. The highest BCUT2D eigenvalue weighted by molar-refractivity contribution is 7.99. The van der Waals surface area contributed by atoms with Gasteiger partial charge in [-0.3, -0.25) is 20.2 Å². The van der Waals surface area contributed by atoms with Crippen LogP contribution in [0.2, 0.25) is 0 Å². The van der Waals surface area contributed by atoms with E-state index in [-0.39, 0.29) is 42.1 Å². The summed E-state index contributed by atoms with van der Waals surface area (Å²) in [6.07, 6.45) is 0. The van der Waals surface area contributed by atoms with Crippen LogP contribution in [0.1, 0.15) is 20.7 Å². The third-order valence-electron chi connectivity index (χ3n) is 5.34. The van der Waals surface area contributed by atoms with E-state index >= 15 is 0 Å². The van der Waals surface area contributed by atoms with Gasteiger partial charge >= 0.3 is 11.9 Å². The first-order chi connectivity index (χ1) is 19.0. The minimum atomic E-state index is -1.98. The molecule has 0 spiro atoms. The van der Waals surface area contributed by atoms with E-state index in [9.17, 15) is 34.4 Å². The number of hydrogen-bond donors (Lipinski definition) is 2. The van der Waals surface area contributed by atoms with Crippen LogP contribution in [-0.2, 0) is 11.2 Å². The van der Waals surface area contributed by atoms with Gasteiger partial charge in [-0.1, -0.05) is 23.5 Å². The maximum absolute atomic E-state index is 13.3. The molecule has 4 aromatic carbocycles. The van der Waals surface area contributed by atoms with Crippen molar-refractivity contribution in [2.75, 3.05) is 0 Å². The second-order valence-corrected chi connectivity index (χ2v) is 11.6. The second-order valence-electron chi connectivity index (χ2n) is 7.91. The minimum absolute atomic E-state index is 0.0660. The number of nitrogens with zero attached hydrogens (tertiary/aromatic N) is 2. The van der Waals surface area contributed by atoms with Gasteiger partial charge in [-0.15, -0.1) is 0 Å². The Morgan fingerprint density at radius 1 is 0.625 bits per heavy atom. The van der Waals surface area contributed by atoms with Gasteiger partial charge in [0.1, 0.15) is 0 Å². The average molecular weight is 597 g/mol. The summed E-state index contributed by atoms with van der Waals surface area (Å²) in [4.78, 5) is 46.1. The van der Waals surface area contributed by atoms with Crippen LogP contribution in [0.3, 0.4) is 0 Å². The Morgan fingerprint density at radius 3 is 1.27 bits per heavy atom. The number of benzene rings is 4. The van der Waals surface area contributed by atoms with Crippen molar-refractivity contribution in [3.05, 3.63) is 116 Å². The van der Waals surface area contributed by atoms with E-state index in [0.717, 1.165) is 35.7 Å². The van der Waals surface area contributed by atoms with Gasteiger partial charge in [0.15, 0.2) is 9.79 Å². The summed E-state index contributed by atoms with van der Waals surface area (Å²) in [5.74, 6) is -2.20. The van der Waals surface area contributed by atoms with Crippen LogP contribution in [-0.4, -0.2) is 36.6 Å². The number of hydrogen-bond acceptors (Lipinski definition) is 9.